The van der Waals surface area contributed by atoms with Crippen LogP contribution in [0.2, 0.25) is 0 Å². The first kappa shape index (κ1) is 14.5. The third kappa shape index (κ3) is 2.99. The highest BCUT2D eigenvalue weighted by Crippen LogP contribution is 2.18. The third-order valence-electron chi connectivity index (χ3n) is 2.53. The Kier molecular flexibility index (Phi) is 4.69. The molecule has 0 amide bonds. The van der Waals surface area contributed by atoms with Gasteiger partial charge in [0.05, 0.1) is 11.4 Å². The maximum Gasteiger partial charge on any atom is 0.243 e. The second-order valence-electron chi connectivity index (χ2n) is 3.79. The SMILES string of the molecule is CCN(CC(N)=NO)S(=O)(=O)c1ccccc1C. The molecule has 0 aliphatic carbocycles. The highest BCUT2D eigenvalue weighted by atomic mass is 32.2. The van der Waals surface area contributed by atoms with E-state index in [2.05, 4.69) is 5.16 Å². The van der Waals surface area contributed by atoms with Gasteiger partial charge in [-0.05, 0) is 18.6 Å². The zero-order valence-electron chi connectivity index (χ0n) is 10.4. The van der Waals surface area contributed by atoms with Crippen molar-refractivity contribution in [1.29, 1.82) is 0 Å². The Morgan fingerprint density at radius 1 is 1.44 bits per heavy atom. The van der Waals surface area contributed by atoms with E-state index in [1.54, 1.807) is 38.1 Å². The lowest BCUT2D eigenvalue weighted by Gasteiger charge is -2.20. The van der Waals surface area contributed by atoms with Gasteiger partial charge >= 0.3 is 0 Å². The van der Waals surface area contributed by atoms with Crippen molar-refractivity contribution in [3.05, 3.63) is 29.8 Å². The van der Waals surface area contributed by atoms with Gasteiger partial charge in [0.15, 0.2) is 5.84 Å². The molecular weight excluding hydrogens is 254 g/mol. The summed E-state index contributed by atoms with van der Waals surface area (Å²) in [5.74, 6) is -0.144. The van der Waals surface area contributed by atoms with Gasteiger partial charge in [0.25, 0.3) is 0 Å². The van der Waals surface area contributed by atoms with Crippen LogP contribution in [0.3, 0.4) is 0 Å². The number of nitrogens with two attached hydrogens (primary N) is 1. The number of rotatable bonds is 5. The summed E-state index contributed by atoms with van der Waals surface area (Å²) in [6.07, 6.45) is 0. The molecule has 0 aliphatic rings. The van der Waals surface area contributed by atoms with E-state index in [0.717, 1.165) is 4.31 Å². The van der Waals surface area contributed by atoms with Gasteiger partial charge < -0.3 is 10.9 Å². The van der Waals surface area contributed by atoms with Crippen molar-refractivity contribution in [3.63, 3.8) is 0 Å². The predicted octanol–water partition coefficient (Wildman–Crippen LogP) is 0.752. The van der Waals surface area contributed by atoms with Gasteiger partial charge in [0, 0.05) is 6.54 Å². The molecular formula is C11H17N3O3S. The Morgan fingerprint density at radius 2 is 2.06 bits per heavy atom. The average Bonchev–Trinajstić information content (AvgIpc) is 2.35. The molecule has 18 heavy (non-hydrogen) atoms. The molecule has 100 valence electrons. The summed E-state index contributed by atoms with van der Waals surface area (Å²) in [4.78, 5) is 0.234. The van der Waals surface area contributed by atoms with Gasteiger partial charge in [-0.2, -0.15) is 4.31 Å². The van der Waals surface area contributed by atoms with Crippen LogP contribution in [0, 0.1) is 6.92 Å². The van der Waals surface area contributed by atoms with Crippen LogP contribution < -0.4 is 5.73 Å². The third-order valence-corrected chi connectivity index (χ3v) is 4.61. The molecule has 7 heteroatoms. The number of hydrogen-bond acceptors (Lipinski definition) is 4. The van der Waals surface area contributed by atoms with Crippen LogP contribution in [0.15, 0.2) is 34.3 Å². The molecule has 0 aliphatic heterocycles. The van der Waals surface area contributed by atoms with Crippen molar-refractivity contribution in [2.24, 2.45) is 10.9 Å². The number of hydrogen-bond donors (Lipinski definition) is 2. The molecule has 0 spiro atoms. The van der Waals surface area contributed by atoms with Crippen LogP contribution in [0.25, 0.3) is 0 Å². The van der Waals surface area contributed by atoms with Gasteiger partial charge in [-0.25, -0.2) is 8.42 Å². The van der Waals surface area contributed by atoms with E-state index in [0.29, 0.717) is 5.56 Å². The number of amidine groups is 1. The van der Waals surface area contributed by atoms with E-state index in [4.69, 9.17) is 10.9 Å². The molecule has 1 aromatic carbocycles. The van der Waals surface area contributed by atoms with Crippen molar-refractivity contribution in [2.75, 3.05) is 13.1 Å². The molecule has 0 heterocycles. The minimum absolute atomic E-state index is 0.135. The van der Waals surface area contributed by atoms with Crippen LogP contribution in [-0.4, -0.2) is 36.9 Å². The van der Waals surface area contributed by atoms with Crippen LogP contribution in [-0.2, 0) is 10.0 Å². The van der Waals surface area contributed by atoms with Crippen LogP contribution in [0.1, 0.15) is 12.5 Å². The average molecular weight is 271 g/mol. The van der Waals surface area contributed by atoms with Gasteiger partial charge in [-0.1, -0.05) is 30.3 Å². The second-order valence-corrected chi connectivity index (χ2v) is 5.69. The quantitative estimate of drug-likeness (QED) is 0.357. The first-order valence-corrected chi connectivity index (χ1v) is 6.89. The minimum Gasteiger partial charge on any atom is -0.409 e. The van der Waals surface area contributed by atoms with E-state index in [9.17, 15) is 8.42 Å². The topological polar surface area (TPSA) is 96.0 Å². The normalized spacial score (nSPS) is 12.9. The Morgan fingerprint density at radius 3 is 2.56 bits per heavy atom. The van der Waals surface area contributed by atoms with Crippen molar-refractivity contribution in [3.8, 4) is 0 Å². The molecule has 0 bridgehead atoms. The number of oxime groups is 1. The zero-order chi connectivity index (χ0) is 13.8. The van der Waals surface area contributed by atoms with Gasteiger partial charge in [-0.15, -0.1) is 0 Å². The van der Waals surface area contributed by atoms with Crippen molar-refractivity contribution < 1.29 is 13.6 Å². The molecule has 6 nitrogen and oxygen atoms in total. The molecule has 1 rings (SSSR count). The summed E-state index contributed by atoms with van der Waals surface area (Å²) in [5.41, 5.74) is 6.02. The molecule has 0 saturated heterocycles. The number of likely N-dealkylation sites (N-methyl/N-ethyl adjacent to an activating group) is 1. The number of nitrogens with zero attached hydrogens (tertiary/aromatic N) is 2. The number of aryl methyl sites for hydroxylation is 1. The summed E-state index contributed by atoms with van der Waals surface area (Å²) in [6.45, 7) is 3.53. The van der Waals surface area contributed by atoms with E-state index in [-0.39, 0.29) is 23.8 Å². The maximum atomic E-state index is 12.4. The summed E-state index contributed by atoms with van der Waals surface area (Å²) in [7, 11) is -3.63. The molecule has 0 radical (unpaired) electrons. The first-order valence-electron chi connectivity index (χ1n) is 5.45. The Labute approximate surface area is 107 Å². The molecule has 0 aromatic heterocycles. The van der Waals surface area contributed by atoms with E-state index in [1.165, 1.54) is 0 Å². The molecule has 3 N–H and O–H groups in total. The van der Waals surface area contributed by atoms with Gasteiger partial charge in [-0.3, -0.25) is 0 Å². The van der Waals surface area contributed by atoms with E-state index in [1.807, 2.05) is 0 Å². The summed E-state index contributed by atoms with van der Waals surface area (Å²) >= 11 is 0. The zero-order valence-corrected chi connectivity index (χ0v) is 11.2. The standard InChI is InChI=1S/C11H17N3O3S/c1-3-14(8-11(12)13-15)18(16,17)10-7-5-4-6-9(10)2/h4-7,15H,3,8H2,1-2H3,(H2,12,13). The molecule has 1 aromatic rings. The number of benzene rings is 1. The van der Waals surface area contributed by atoms with Gasteiger partial charge in [0.2, 0.25) is 10.0 Å². The van der Waals surface area contributed by atoms with Gasteiger partial charge in [0.1, 0.15) is 0 Å². The lowest BCUT2D eigenvalue weighted by molar-refractivity contribution is 0.315. The molecule has 0 atom stereocenters. The maximum absolute atomic E-state index is 12.4. The van der Waals surface area contributed by atoms with Crippen LogP contribution >= 0.6 is 0 Å². The summed E-state index contributed by atoms with van der Waals surface area (Å²) in [6, 6.07) is 6.70. The van der Waals surface area contributed by atoms with Crippen molar-refractivity contribution >= 4 is 15.9 Å². The minimum atomic E-state index is -3.63. The monoisotopic (exact) mass is 271 g/mol. The molecule has 0 fully saturated rings. The van der Waals surface area contributed by atoms with Crippen molar-refractivity contribution in [2.45, 2.75) is 18.7 Å². The Balaban J connectivity index is 3.16. The smallest absolute Gasteiger partial charge is 0.243 e. The lowest BCUT2D eigenvalue weighted by atomic mass is 10.2. The fraction of sp³-hybridized carbons (Fsp3) is 0.364. The summed E-state index contributed by atoms with van der Waals surface area (Å²) < 4.78 is 25.9. The van der Waals surface area contributed by atoms with Crippen molar-refractivity contribution in [1.82, 2.24) is 4.31 Å². The highest BCUT2D eigenvalue weighted by molar-refractivity contribution is 7.89. The molecule has 0 saturated carbocycles. The van der Waals surface area contributed by atoms with Crippen LogP contribution in [0.5, 0.6) is 0 Å². The number of sulfonamides is 1. The lowest BCUT2D eigenvalue weighted by Crippen LogP contribution is -2.38. The predicted molar refractivity (Wildman–Crippen MR) is 69.0 cm³/mol. The van der Waals surface area contributed by atoms with E-state index >= 15 is 0 Å². The fourth-order valence-electron chi connectivity index (χ4n) is 1.56. The first-order chi connectivity index (χ1) is 8.43. The fourth-order valence-corrected chi connectivity index (χ4v) is 3.21. The Bertz CT molecular complexity index is 540. The van der Waals surface area contributed by atoms with E-state index < -0.39 is 10.0 Å². The summed E-state index contributed by atoms with van der Waals surface area (Å²) in [5, 5.41) is 11.3. The highest BCUT2D eigenvalue weighted by Gasteiger charge is 2.25. The Hall–Kier alpha value is -1.60. The van der Waals surface area contributed by atoms with Crippen LogP contribution in [0.4, 0.5) is 0 Å². The second kappa shape index (κ2) is 5.83. The largest absolute Gasteiger partial charge is 0.409 e. The molecule has 0 unspecified atom stereocenters.